The summed E-state index contributed by atoms with van der Waals surface area (Å²) in [6.45, 7) is 9.39. The van der Waals surface area contributed by atoms with E-state index in [0.717, 1.165) is 149 Å². The molecule has 1 saturated carbocycles. The smallest absolute Gasteiger partial charge is 0.262 e. The van der Waals surface area contributed by atoms with Crippen molar-refractivity contribution in [2.45, 2.75) is 101 Å². The number of amides is 5. The number of anilines is 2. The fourth-order valence-electron chi connectivity index (χ4n) is 12.0. The third-order valence-corrected chi connectivity index (χ3v) is 16.2. The number of piperazine rings is 1. The van der Waals surface area contributed by atoms with Crippen molar-refractivity contribution in [3.8, 4) is 5.75 Å². The van der Waals surface area contributed by atoms with Crippen LogP contribution in [0.4, 0.5) is 15.8 Å². The number of carbonyl (C=O) groups is 6. The van der Waals surface area contributed by atoms with Crippen molar-refractivity contribution in [2.24, 2.45) is 11.8 Å². The first-order valence-corrected chi connectivity index (χ1v) is 25.4. The van der Waals surface area contributed by atoms with E-state index in [1.54, 1.807) is 24.3 Å². The molecular formula is C54H63FN8O7. The minimum absolute atomic E-state index is 0.00933. The van der Waals surface area contributed by atoms with Crippen LogP contribution in [0.3, 0.4) is 0 Å². The molecule has 0 radical (unpaired) electrons. The average molecular weight is 955 g/mol. The second kappa shape index (κ2) is 20.7. The summed E-state index contributed by atoms with van der Waals surface area (Å²) < 4.78 is 20.6. The highest BCUT2D eigenvalue weighted by Crippen LogP contribution is 2.41. The van der Waals surface area contributed by atoms with E-state index in [4.69, 9.17) is 4.74 Å². The maximum atomic E-state index is 14.1. The summed E-state index contributed by atoms with van der Waals surface area (Å²) in [5, 5.41) is 6.28. The van der Waals surface area contributed by atoms with Gasteiger partial charge in [-0.3, -0.25) is 49.0 Å². The summed E-state index contributed by atoms with van der Waals surface area (Å²) in [5.74, 6) is -1.07. The van der Waals surface area contributed by atoms with Gasteiger partial charge in [-0.15, -0.1) is 0 Å². The molecule has 5 aliphatic heterocycles. The third-order valence-electron chi connectivity index (χ3n) is 16.2. The lowest BCUT2D eigenvalue weighted by molar-refractivity contribution is -0.136. The number of carbonyl (C=O) groups excluding carboxylic acids is 6. The molecule has 1 aliphatic carbocycles. The molecule has 0 bridgehead atoms. The molecule has 5 amide bonds. The average Bonchev–Trinajstić information content (AvgIpc) is 3.63. The number of aromatic nitrogens is 1. The van der Waals surface area contributed by atoms with Crippen LogP contribution in [0.1, 0.15) is 103 Å². The molecule has 3 atom stereocenters. The largest absolute Gasteiger partial charge is 0.490 e. The molecule has 2 unspecified atom stereocenters. The number of hydrogen-bond donors (Lipinski definition) is 2. The molecule has 6 heterocycles. The van der Waals surface area contributed by atoms with E-state index >= 15 is 0 Å². The van der Waals surface area contributed by atoms with Crippen LogP contribution in [-0.4, -0.2) is 144 Å². The van der Waals surface area contributed by atoms with E-state index in [1.165, 1.54) is 6.07 Å². The first-order chi connectivity index (χ1) is 34.0. The quantitative estimate of drug-likeness (QED) is 0.119. The molecule has 10 rings (SSSR count). The zero-order chi connectivity index (χ0) is 48.5. The standard InChI is InChI=1S/C54H63FN8O7/c1-34(35-5-7-36(8-6-35)44-15-20-56-48-12-9-37(55)29-46(44)48)51(66)57-38-3-2-4-43(30-38)70-42-18-21-59(22-19-42)32-41(33-64)60-23-16-39(17-24-60)61-25-27-62(28-26-61)40-10-11-45-47(31-40)54(69)63(53(45)68)49-13-14-50(65)58-52(49)67/h2-4,9-12,15,20,29-31,33-36,39,41-42,49H,5-8,13-14,16-19,21-28,32H2,1H3,(H,57,66)(H,58,65,67)/t34-,35?,36?,41?,49?/m1/s1. The Kier molecular flexibility index (Phi) is 14.1. The van der Waals surface area contributed by atoms with Crippen molar-refractivity contribution in [3.63, 3.8) is 0 Å². The number of imide groups is 2. The third kappa shape index (κ3) is 10.1. The predicted octanol–water partition coefficient (Wildman–Crippen LogP) is 6.02. The van der Waals surface area contributed by atoms with Gasteiger partial charge in [0.05, 0.1) is 22.7 Å². The van der Waals surface area contributed by atoms with Crippen LogP contribution in [0.25, 0.3) is 10.9 Å². The van der Waals surface area contributed by atoms with E-state index in [0.29, 0.717) is 24.1 Å². The van der Waals surface area contributed by atoms with Gasteiger partial charge in [0, 0.05) is 106 Å². The molecule has 1 aromatic heterocycles. The summed E-state index contributed by atoms with van der Waals surface area (Å²) >= 11 is 0. The number of piperidine rings is 3. The number of fused-ring (bicyclic) bond motifs is 2. The molecular weight excluding hydrogens is 892 g/mol. The molecule has 2 N–H and O–H groups in total. The van der Waals surface area contributed by atoms with Crippen LogP contribution in [0.5, 0.6) is 5.75 Å². The van der Waals surface area contributed by atoms with Gasteiger partial charge in [0.1, 0.15) is 30.0 Å². The number of ether oxygens (including phenoxy) is 1. The summed E-state index contributed by atoms with van der Waals surface area (Å²) in [4.78, 5) is 91.7. The molecule has 70 heavy (non-hydrogen) atoms. The summed E-state index contributed by atoms with van der Waals surface area (Å²) in [6, 6.07) is 19.1. The van der Waals surface area contributed by atoms with Crippen LogP contribution >= 0.6 is 0 Å². The van der Waals surface area contributed by atoms with Crippen molar-refractivity contribution < 1.29 is 37.9 Å². The number of nitrogens with one attached hydrogen (secondary N) is 2. The minimum Gasteiger partial charge on any atom is -0.490 e. The second-order valence-corrected chi connectivity index (χ2v) is 20.3. The molecule has 3 aromatic carbocycles. The van der Waals surface area contributed by atoms with Crippen LogP contribution < -0.4 is 20.3 Å². The zero-order valence-corrected chi connectivity index (χ0v) is 39.9. The van der Waals surface area contributed by atoms with Gasteiger partial charge in [-0.2, -0.15) is 0 Å². The van der Waals surface area contributed by atoms with Gasteiger partial charge in [-0.05, 0) is 130 Å². The van der Waals surface area contributed by atoms with Crippen LogP contribution in [0, 0.1) is 17.7 Å². The van der Waals surface area contributed by atoms with E-state index in [-0.39, 0.29) is 54.1 Å². The number of halogens is 1. The zero-order valence-electron chi connectivity index (χ0n) is 39.9. The molecule has 15 nitrogen and oxygen atoms in total. The van der Waals surface area contributed by atoms with Crippen molar-refractivity contribution in [2.75, 3.05) is 69.1 Å². The first-order valence-electron chi connectivity index (χ1n) is 25.4. The lowest BCUT2D eigenvalue weighted by Gasteiger charge is -2.45. The van der Waals surface area contributed by atoms with Crippen LogP contribution in [0.15, 0.2) is 72.9 Å². The number of aldehydes is 1. The highest BCUT2D eigenvalue weighted by Gasteiger charge is 2.45. The SMILES string of the molecule is C[C@@H](C(=O)Nc1cccc(OC2CCN(CC(C=O)N3CCC(N4CCN(c5ccc6c(c5)C(=O)N(C5CCC(=O)NC5=O)C6=O)CC4)CC3)CC2)c1)C1CCC(c2ccnc3ccc(F)cc23)CC1. The Hall–Kier alpha value is -6.10. The molecule has 5 fully saturated rings. The van der Waals surface area contributed by atoms with Gasteiger partial charge in [0.25, 0.3) is 11.8 Å². The number of nitrogens with zero attached hydrogens (tertiary/aromatic N) is 6. The summed E-state index contributed by atoms with van der Waals surface area (Å²) in [6.07, 6.45) is 10.6. The maximum absolute atomic E-state index is 14.1. The Bertz CT molecular complexity index is 2630. The van der Waals surface area contributed by atoms with Gasteiger partial charge in [0.2, 0.25) is 17.7 Å². The number of benzene rings is 3. The Morgan fingerprint density at radius 1 is 0.829 bits per heavy atom. The van der Waals surface area contributed by atoms with E-state index in [2.05, 4.69) is 35.2 Å². The Balaban J connectivity index is 0.635. The van der Waals surface area contributed by atoms with E-state index in [9.17, 15) is 33.2 Å². The first kappa shape index (κ1) is 47.6. The summed E-state index contributed by atoms with van der Waals surface area (Å²) in [5.41, 5.74) is 4.13. The molecule has 6 aliphatic rings. The van der Waals surface area contributed by atoms with Gasteiger partial charge < -0.3 is 24.6 Å². The van der Waals surface area contributed by atoms with Crippen molar-refractivity contribution >= 4 is 58.1 Å². The van der Waals surface area contributed by atoms with Crippen molar-refractivity contribution in [1.29, 1.82) is 0 Å². The van der Waals surface area contributed by atoms with Crippen molar-refractivity contribution in [1.82, 2.24) is 29.9 Å². The maximum Gasteiger partial charge on any atom is 0.262 e. The highest BCUT2D eigenvalue weighted by atomic mass is 19.1. The number of likely N-dealkylation sites (tertiary alicyclic amines) is 2. The van der Waals surface area contributed by atoms with Gasteiger partial charge in [-0.25, -0.2) is 4.39 Å². The lowest BCUT2D eigenvalue weighted by Crippen LogP contribution is -2.56. The van der Waals surface area contributed by atoms with E-state index < -0.39 is 29.7 Å². The van der Waals surface area contributed by atoms with Crippen LogP contribution in [0.2, 0.25) is 0 Å². The van der Waals surface area contributed by atoms with Crippen molar-refractivity contribution in [3.05, 3.63) is 95.4 Å². The normalized spacial score (nSPS) is 24.3. The topological polar surface area (TPSA) is 165 Å². The molecule has 368 valence electrons. The second-order valence-electron chi connectivity index (χ2n) is 20.3. The molecule has 4 aromatic rings. The van der Waals surface area contributed by atoms with Crippen LogP contribution in [-0.2, 0) is 19.2 Å². The Labute approximate surface area is 408 Å². The minimum atomic E-state index is -0.986. The van der Waals surface area contributed by atoms with Gasteiger partial charge in [0.15, 0.2) is 0 Å². The van der Waals surface area contributed by atoms with E-state index in [1.807, 2.05) is 49.5 Å². The van der Waals surface area contributed by atoms with Gasteiger partial charge >= 0.3 is 0 Å². The summed E-state index contributed by atoms with van der Waals surface area (Å²) in [7, 11) is 0. The fourth-order valence-corrected chi connectivity index (χ4v) is 12.0. The Morgan fingerprint density at radius 2 is 1.59 bits per heavy atom. The number of rotatable bonds is 13. The number of pyridine rings is 1. The molecule has 16 heteroatoms. The fraction of sp³-hybridized carbons (Fsp3) is 0.500. The molecule has 4 saturated heterocycles. The molecule has 0 spiro atoms. The lowest BCUT2D eigenvalue weighted by atomic mass is 9.73. The monoisotopic (exact) mass is 954 g/mol. The van der Waals surface area contributed by atoms with Gasteiger partial charge in [-0.1, -0.05) is 13.0 Å². The Morgan fingerprint density at radius 3 is 2.33 bits per heavy atom. The number of hydrogen-bond acceptors (Lipinski definition) is 12. The highest BCUT2D eigenvalue weighted by molar-refractivity contribution is 6.23. The predicted molar refractivity (Wildman–Crippen MR) is 262 cm³/mol.